The third kappa shape index (κ3) is 2.62. The summed E-state index contributed by atoms with van der Waals surface area (Å²) in [4.78, 5) is 4.68. The molecule has 2 heterocycles. The van der Waals surface area contributed by atoms with E-state index in [0.29, 0.717) is 6.04 Å². The quantitative estimate of drug-likeness (QED) is 0.851. The molecule has 0 radical (unpaired) electrons. The second-order valence-corrected chi connectivity index (χ2v) is 5.65. The molecule has 1 saturated carbocycles. The van der Waals surface area contributed by atoms with Crippen molar-refractivity contribution in [3.8, 4) is 0 Å². The van der Waals surface area contributed by atoms with Gasteiger partial charge in [0.25, 0.3) is 0 Å². The van der Waals surface area contributed by atoms with Crippen LogP contribution in [0.5, 0.6) is 0 Å². The Kier molecular flexibility index (Phi) is 3.22. The minimum Gasteiger partial charge on any atom is -0.380 e. The SMILES string of the molecule is c1sc(CCNC2CCOC2)nc1C1CC1. The Morgan fingerprint density at radius 1 is 1.44 bits per heavy atom. The van der Waals surface area contributed by atoms with E-state index in [4.69, 9.17) is 4.74 Å². The van der Waals surface area contributed by atoms with E-state index in [1.807, 2.05) is 11.3 Å². The first-order chi connectivity index (χ1) is 7.92. The molecule has 1 aromatic rings. The number of hydrogen-bond acceptors (Lipinski definition) is 4. The lowest BCUT2D eigenvalue weighted by Gasteiger charge is -2.08. The Balaban J connectivity index is 1.42. The van der Waals surface area contributed by atoms with Crippen molar-refractivity contribution in [2.45, 2.75) is 37.6 Å². The predicted octanol–water partition coefficient (Wildman–Crippen LogP) is 1.94. The van der Waals surface area contributed by atoms with Gasteiger partial charge >= 0.3 is 0 Å². The van der Waals surface area contributed by atoms with Crippen LogP contribution in [0.4, 0.5) is 0 Å². The summed E-state index contributed by atoms with van der Waals surface area (Å²) < 4.78 is 5.33. The van der Waals surface area contributed by atoms with Crippen molar-refractivity contribution >= 4 is 11.3 Å². The third-order valence-corrected chi connectivity index (χ3v) is 4.19. The molecule has 1 N–H and O–H groups in total. The second-order valence-electron chi connectivity index (χ2n) is 4.71. The zero-order chi connectivity index (χ0) is 10.8. The van der Waals surface area contributed by atoms with Crippen molar-refractivity contribution in [2.75, 3.05) is 19.8 Å². The van der Waals surface area contributed by atoms with Crippen molar-refractivity contribution in [2.24, 2.45) is 0 Å². The first kappa shape index (κ1) is 10.7. The lowest BCUT2D eigenvalue weighted by molar-refractivity contribution is 0.190. The van der Waals surface area contributed by atoms with Crippen LogP contribution in [-0.2, 0) is 11.2 Å². The zero-order valence-electron chi connectivity index (χ0n) is 9.45. The molecule has 1 aromatic heterocycles. The number of nitrogens with zero attached hydrogens (tertiary/aromatic N) is 1. The number of ether oxygens (including phenoxy) is 1. The predicted molar refractivity (Wildman–Crippen MR) is 65.0 cm³/mol. The average molecular weight is 238 g/mol. The van der Waals surface area contributed by atoms with Crippen LogP contribution in [0.3, 0.4) is 0 Å². The molecular weight excluding hydrogens is 220 g/mol. The molecular formula is C12H18N2OS. The molecule has 2 fully saturated rings. The van der Waals surface area contributed by atoms with Crippen LogP contribution in [0.2, 0.25) is 0 Å². The lowest BCUT2D eigenvalue weighted by atomic mass is 10.2. The fourth-order valence-electron chi connectivity index (χ4n) is 2.09. The van der Waals surface area contributed by atoms with E-state index >= 15 is 0 Å². The maximum atomic E-state index is 5.33. The fraction of sp³-hybridized carbons (Fsp3) is 0.750. The Morgan fingerprint density at radius 2 is 2.38 bits per heavy atom. The molecule has 1 aliphatic heterocycles. The van der Waals surface area contributed by atoms with Crippen LogP contribution in [0.15, 0.2) is 5.38 Å². The van der Waals surface area contributed by atoms with Crippen molar-refractivity contribution in [1.82, 2.24) is 10.3 Å². The number of nitrogens with one attached hydrogen (secondary N) is 1. The fourth-order valence-corrected chi connectivity index (χ4v) is 2.97. The summed E-state index contributed by atoms with van der Waals surface area (Å²) in [7, 11) is 0. The van der Waals surface area contributed by atoms with Gasteiger partial charge in [-0.2, -0.15) is 0 Å². The van der Waals surface area contributed by atoms with Crippen molar-refractivity contribution in [3.05, 3.63) is 16.1 Å². The smallest absolute Gasteiger partial charge is 0.0941 e. The van der Waals surface area contributed by atoms with Gasteiger partial charge in [-0.05, 0) is 19.3 Å². The normalized spacial score (nSPS) is 25.1. The third-order valence-electron chi connectivity index (χ3n) is 3.27. The Hall–Kier alpha value is -0.450. The summed E-state index contributed by atoms with van der Waals surface area (Å²) in [6.07, 6.45) is 4.92. The summed E-state index contributed by atoms with van der Waals surface area (Å²) in [5.74, 6) is 0.793. The van der Waals surface area contributed by atoms with Crippen LogP contribution >= 0.6 is 11.3 Å². The van der Waals surface area contributed by atoms with Gasteiger partial charge in [0.1, 0.15) is 0 Å². The Morgan fingerprint density at radius 3 is 3.12 bits per heavy atom. The van der Waals surface area contributed by atoms with Gasteiger partial charge in [0.15, 0.2) is 0 Å². The van der Waals surface area contributed by atoms with E-state index in [-0.39, 0.29) is 0 Å². The highest BCUT2D eigenvalue weighted by molar-refractivity contribution is 7.09. The van der Waals surface area contributed by atoms with Crippen molar-refractivity contribution in [1.29, 1.82) is 0 Å². The van der Waals surface area contributed by atoms with Gasteiger partial charge in [0.05, 0.1) is 17.3 Å². The maximum absolute atomic E-state index is 5.33. The Labute approximate surface area is 100 Å². The Bertz CT molecular complexity index is 343. The molecule has 3 nitrogen and oxygen atoms in total. The van der Waals surface area contributed by atoms with Gasteiger partial charge in [0, 0.05) is 36.9 Å². The second kappa shape index (κ2) is 4.82. The van der Waals surface area contributed by atoms with E-state index in [2.05, 4.69) is 15.7 Å². The largest absolute Gasteiger partial charge is 0.380 e. The van der Waals surface area contributed by atoms with Gasteiger partial charge in [-0.1, -0.05) is 0 Å². The molecule has 0 bridgehead atoms. The standard InChI is InChI=1S/C12H18N2OS/c1-2-9(1)11-8-16-12(14-11)3-5-13-10-4-6-15-7-10/h8-10,13H,1-7H2. The zero-order valence-corrected chi connectivity index (χ0v) is 10.3. The molecule has 1 atom stereocenters. The molecule has 1 aliphatic carbocycles. The topological polar surface area (TPSA) is 34.1 Å². The average Bonchev–Trinajstić information content (AvgIpc) is 2.83. The van der Waals surface area contributed by atoms with E-state index in [9.17, 15) is 0 Å². The number of hydrogen-bond donors (Lipinski definition) is 1. The van der Waals surface area contributed by atoms with Crippen LogP contribution in [0.1, 0.15) is 35.9 Å². The number of rotatable bonds is 5. The van der Waals surface area contributed by atoms with E-state index < -0.39 is 0 Å². The highest BCUT2D eigenvalue weighted by atomic mass is 32.1. The monoisotopic (exact) mass is 238 g/mol. The van der Waals surface area contributed by atoms with Crippen LogP contribution in [-0.4, -0.2) is 30.8 Å². The molecule has 0 amide bonds. The molecule has 16 heavy (non-hydrogen) atoms. The first-order valence-electron chi connectivity index (χ1n) is 6.17. The van der Waals surface area contributed by atoms with Crippen molar-refractivity contribution < 1.29 is 4.74 Å². The van der Waals surface area contributed by atoms with E-state index in [0.717, 1.165) is 38.5 Å². The number of thiazole rings is 1. The lowest BCUT2D eigenvalue weighted by Crippen LogP contribution is -2.30. The molecule has 4 heteroatoms. The molecule has 88 valence electrons. The van der Waals surface area contributed by atoms with Gasteiger partial charge < -0.3 is 10.1 Å². The summed E-state index contributed by atoms with van der Waals surface area (Å²) in [5.41, 5.74) is 1.34. The van der Waals surface area contributed by atoms with Gasteiger partial charge in [0.2, 0.25) is 0 Å². The van der Waals surface area contributed by atoms with Crippen LogP contribution in [0.25, 0.3) is 0 Å². The van der Waals surface area contributed by atoms with Gasteiger partial charge in [-0.3, -0.25) is 0 Å². The highest BCUT2D eigenvalue weighted by Crippen LogP contribution is 2.40. The summed E-state index contributed by atoms with van der Waals surface area (Å²) in [6.45, 7) is 2.83. The first-order valence-corrected chi connectivity index (χ1v) is 7.05. The summed E-state index contributed by atoms with van der Waals surface area (Å²) in [6, 6.07) is 0.572. The van der Waals surface area contributed by atoms with E-state index in [1.54, 1.807) is 0 Å². The molecule has 0 aromatic carbocycles. The molecule has 1 saturated heterocycles. The molecule has 3 rings (SSSR count). The molecule has 2 aliphatic rings. The van der Waals surface area contributed by atoms with Crippen LogP contribution in [0, 0.1) is 0 Å². The van der Waals surface area contributed by atoms with Crippen molar-refractivity contribution in [3.63, 3.8) is 0 Å². The molecule has 1 unspecified atom stereocenters. The number of aromatic nitrogens is 1. The van der Waals surface area contributed by atoms with E-state index in [1.165, 1.54) is 23.5 Å². The van der Waals surface area contributed by atoms with Gasteiger partial charge in [-0.15, -0.1) is 11.3 Å². The van der Waals surface area contributed by atoms with Gasteiger partial charge in [-0.25, -0.2) is 4.98 Å². The minimum atomic E-state index is 0.572. The minimum absolute atomic E-state index is 0.572. The maximum Gasteiger partial charge on any atom is 0.0941 e. The molecule has 0 spiro atoms. The highest BCUT2D eigenvalue weighted by Gasteiger charge is 2.25. The summed E-state index contributed by atoms with van der Waals surface area (Å²) in [5, 5.41) is 7.05. The summed E-state index contributed by atoms with van der Waals surface area (Å²) >= 11 is 1.82. The van der Waals surface area contributed by atoms with Crippen LogP contribution < -0.4 is 5.32 Å².